The monoisotopic (exact) mass is 293 g/mol. The molecule has 0 unspecified atom stereocenters. The highest BCUT2D eigenvalue weighted by Crippen LogP contribution is 2.47. The summed E-state index contributed by atoms with van der Waals surface area (Å²) in [5.41, 5.74) is 0. The summed E-state index contributed by atoms with van der Waals surface area (Å²) in [5, 5.41) is 0. The number of hydrogen-bond acceptors (Lipinski definition) is 3. The van der Waals surface area contributed by atoms with Crippen molar-refractivity contribution in [3.63, 3.8) is 0 Å². The molecule has 4 heteroatoms. The minimum absolute atomic E-state index is 0. The molecular formula is C16H24NO2P. The van der Waals surface area contributed by atoms with Crippen LogP contribution in [0, 0.1) is 0 Å². The predicted molar refractivity (Wildman–Crippen MR) is 88.8 cm³/mol. The highest BCUT2D eigenvalue weighted by Gasteiger charge is 2.16. The Morgan fingerprint density at radius 3 is 1.40 bits per heavy atom. The Bertz CT molecular complexity index is 495. The van der Waals surface area contributed by atoms with Gasteiger partial charge in [-0.2, -0.15) is 0 Å². The molecule has 0 saturated heterocycles. The first-order chi connectivity index (χ1) is 8.72. The van der Waals surface area contributed by atoms with Gasteiger partial charge in [0.15, 0.2) is 0 Å². The fourth-order valence-electron chi connectivity index (χ4n) is 1.45. The number of benzene rings is 2. The quantitative estimate of drug-likeness (QED) is 0.676. The SMILES string of the molecule is C.C.CN=P(C)(Oc1ccccc1)Oc1ccccc1. The van der Waals surface area contributed by atoms with Crippen molar-refractivity contribution in [2.45, 2.75) is 14.9 Å². The topological polar surface area (TPSA) is 30.8 Å². The first kappa shape index (κ1) is 18.3. The molecule has 0 spiro atoms. The van der Waals surface area contributed by atoms with Crippen molar-refractivity contribution in [2.75, 3.05) is 13.7 Å². The molecule has 0 aliphatic rings. The van der Waals surface area contributed by atoms with E-state index in [4.69, 9.17) is 9.05 Å². The smallest absolute Gasteiger partial charge is 0.310 e. The van der Waals surface area contributed by atoms with Crippen molar-refractivity contribution in [3.8, 4) is 11.5 Å². The van der Waals surface area contributed by atoms with Crippen LogP contribution in [0.15, 0.2) is 65.4 Å². The minimum atomic E-state index is -2.27. The highest BCUT2D eigenvalue weighted by atomic mass is 31.2. The second-order valence-electron chi connectivity index (χ2n) is 3.81. The molecule has 0 aliphatic carbocycles. The molecular weight excluding hydrogens is 269 g/mol. The third kappa shape index (κ3) is 5.10. The molecule has 2 rings (SSSR count). The van der Waals surface area contributed by atoms with Crippen LogP contribution in [0.5, 0.6) is 11.5 Å². The van der Waals surface area contributed by atoms with Gasteiger partial charge in [0.25, 0.3) is 0 Å². The molecule has 0 heterocycles. The van der Waals surface area contributed by atoms with Gasteiger partial charge in [0.05, 0.1) is 0 Å². The summed E-state index contributed by atoms with van der Waals surface area (Å²) in [6.07, 6.45) is 0. The molecule has 110 valence electrons. The Balaban J connectivity index is 0.00000180. The van der Waals surface area contributed by atoms with Gasteiger partial charge >= 0.3 is 7.51 Å². The van der Waals surface area contributed by atoms with Crippen LogP contribution >= 0.6 is 7.51 Å². The molecule has 0 aromatic heterocycles. The first-order valence-corrected chi connectivity index (χ1v) is 7.71. The lowest BCUT2D eigenvalue weighted by atomic mass is 10.3. The first-order valence-electron chi connectivity index (χ1n) is 5.69. The Morgan fingerprint density at radius 1 is 0.750 bits per heavy atom. The average molecular weight is 293 g/mol. The van der Waals surface area contributed by atoms with Gasteiger partial charge in [-0.1, -0.05) is 51.3 Å². The predicted octanol–water partition coefficient (Wildman–Crippen LogP) is 5.71. The zero-order valence-corrected chi connectivity index (χ0v) is 11.4. The Morgan fingerprint density at radius 2 is 1.10 bits per heavy atom. The van der Waals surface area contributed by atoms with Crippen LogP contribution in [0.4, 0.5) is 0 Å². The van der Waals surface area contributed by atoms with Crippen molar-refractivity contribution in [1.82, 2.24) is 0 Å². The molecule has 2 aromatic carbocycles. The zero-order chi connectivity index (χ0) is 12.8. The van der Waals surface area contributed by atoms with E-state index in [-0.39, 0.29) is 14.9 Å². The second-order valence-corrected chi connectivity index (χ2v) is 6.18. The van der Waals surface area contributed by atoms with E-state index in [0.717, 1.165) is 11.5 Å². The van der Waals surface area contributed by atoms with Gasteiger partial charge in [-0.3, -0.25) is 0 Å². The summed E-state index contributed by atoms with van der Waals surface area (Å²) in [7, 11) is -0.547. The summed E-state index contributed by atoms with van der Waals surface area (Å²) >= 11 is 0. The lowest BCUT2D eigenvalue weighted by Crippen LogP contribution is -1.99. The Kier molecular flexibility index (Phi) is 7.71. The summed E-state index contributed by atoms with van der Waals surface area (Å²) in [4.78, 5) is 0. The zero-order valence-electron chi connectivity index (χ0n) is 10.5. The molecule has 0 saturated carbocycles. The number of nitrogens with zero attached hydrogens (tertiary/aromatic N) is 1. The van der Waals surface area contributed by atoms with Crippen LogP contribution in [0.2, 0.25) is 0 Å². The van der Waals surface area contributed by atoms with Crippen molar-refractivity contribution in [2.24, 2.45) is 4.74 Å². The Hall–Kier alpha value is -1.73. The van der Waals surface area contributed by atoms with E-state index in [2.05, 4.69) is 4.74 Å². The molecule has 0 amide bonds. The van der Waals surface area contributed by atoms with E-state index in [1.54, 1.807) is 7.05 Å². The fraction of sp³-hybridized carbons (Fsp3) is 0.250. The molecule has 20 heavy (non-hydrogen) atoms. The Labute approximate surface area is 122 Å². The maximum absolute atomic E-state index is 5.88. The van der Waals surface area contributed by atoms with Gasteiger partial charge in [-0.05, 0) is 24.3 Å². The van der Waals surface area contributed by atoms with Gasteiger partial charge < -0.3 is 9.05 Å². The van der Waals surface area contributed by atoms with Gasteiger partial charge in [-0.25, -0.2) is 4.74 Å². The fourth-order valence-corrected chi connectivity index (χ4v) is 2.68. The van der Waals surface area contributed by atoms with Gasteiger partial charge in [0.2, 0.25) is 0 Å². The lowest BCUT2D eigenvalue weighted by molar-refractivity contribution is 0.481. The van der Waals surface area contributed by atoms with Crippen molar-refractivity contribution in [3.05, 3.63) is 60.7 Å². The lowest BCUT2D eigenvalue weighted by Gasteiger charge is -2.21. The average Bonchev–Trinajstić information content (AvgIpc) is 2.41. The molecule has 0 radical (unpaired) electrons. The standard InChI is InChI=1S/C14H16NO2P.2CH4/c1-15-18(2,16-13-9-5-3-6-10-13)17-14-11-7-4-8-12-14;;/h3-12H,1-2H3;2*1H4. The summed E-state index contributed by atoms with van der Waals surface area (Å²) in [5.74, 6) is 1.55. The third-order valence-corrected chi connectivity index (χ3v) is 4.23. The number of para-hydroxylation sites is 2. The molecule has 0 aliphatic heterocycles. The van der Waals surface area contributed by atoms with E-state index in [9.17, 15) is 0 Å². The molecule has 0 bridgehead atoms. The molecule has 3 nitrogen and oxygen atoms in total. The van der Waals surface area contributed by atoms with Crippen LogP contribution in [-0.2, 0) is 0 Å². The van der Waals surface area contributed by atoms with E-state index >= 15 is 0 Å². The van der Waals surface area contributed by atoms with Crippen molar-refractivity contribution < 1.29 is 9.05 Å². The molecule has 0 N–H and O–H groups in total. The maximum Gasteiger partial charge on any atom is 0.310 e. The van der Waals surface area contributed by atoms with Crippen LogP contribution in [0.25, 0.3) is 0 Å². The molecule has 2 aromatic rings. The minimum Gasteiger partial charge on any atom is -0.430 e. The number of hydrogen-bond donors (Lipinski definition) is 0. The van der Waals surface area contributed by atoms with Gasteiger partial charge in [-0.15, -0.1) is 0 Å². The van der Waals surface area contributed by atoms with Gasteiger partial charge in [0, 0.05) is 13.7 Å². The van der Waals surface area contributed by atoms with E-state index in [0.29, 0.717) is 0 Å². The van der Waals surface area contributed by atoms with Crippen LogP contribution < -0.4 is 9.05 Å². The van der Waals surface area contributed by atoms with Crippen LogP contribution in [-0.4, -0.2) is 13.7 Å². The van der Waals surface area contributed by atoms with Crippen LogP contribution in [0.3, 0.4) is 0 Å². The summed E-state index contributed by atoms with van der Waals surface area (Å²) in [6, 6.07) is 19.2. The largest absolute Gasteiger partial charge is 0.430 e. The molecule has 0 fully saturated rings. The van der Waals surface area contributed by atoms with Crippen LogP contribution in [0.1, 0.15) is 14.9 Å². The second kappa shape index (κ2) is 8.44. The number of rotatable bonds is 4. The van der Waals surface area contributed by atoms with Crippen molar-refractivity contribution in [1.29, 1.82) is 0 Å². The third-order valence-electron chi connectivity index (χ3n) is 2.40. The normalized spacial score (nSPS) is 9.70. The molecule has 0 atom stereocenters. The van der Waals surface area contributed by atoms with E-state index in [1.165, 1.54) is 0 Å². The van der Waals surface area contributed by atoms with E-state index < -0.39 is 7.51 Å². The van der Waals surface area contributed by atoms with Crippen molar-refractivity contribution >= 4 is 7.51 Å². The summed E-state index contributed by atoms with van der Waals surface area (Å²) < 4.78 is 16.0. The van der Waals surface area contributed by atoms with E-state index in [1.807, 2.05) is 67.3 Å². The maximum atomic E-state index is 5.88. The summed E-state index contributed by atoms with van der Waals surface area (Å²) in [6.45, 7) is 1.90. The van der Waals surface area contributed by atoms with Gasteiger partial charge in [0.1, 0.15) is 11.5 Å². The highest BCUT2D eigenvalue weighted by molar-refractivity contribution is 7.56.